The van der Waals surface area contributed by atoms with Crippen LogP contribution < -0.4 is 10.1 Å². The first-order chi connectivity index (χ1) is 12.0. The molecule has 2 aromatic rings. The second-order valence-corrected chi connectivity index (χ2v) is 5.61. The normalized spacial score (nSPS) is 11.6. The van der Waals surface area contributed by atoms with Crippen LogP contribution in [0.3, 0.4) is 0 Å². The van der Waals surface area contributed by atoms with E-state index >= 15 is 0 Å². The van der Waals surface area contributed by atoms with Crippen molar-refractivity contribution in [1.29, 1.82) is 0 Å². The maximum Gasteiger partial charge on any atom is 0.303 e. The second kappa shape index (κ2) is 9.42. The van der Waals surface area contributed by atoms with Gasteiger partial charge in [0.15, 0.2) is 18.2 Å². The van der Waals surface area contributed by atoms with Gasteiger partial charge in [0.1, 0.15) is 0 Å². The molecule has 2 rings (SSSR count). The van der Waals surface area contributed by atoms with E-state index in [9.17, 15) is 14.0 Å². The number of nitrogens with one attached hydrogen (secondary N) is 1. The third-order valence-corrected chi connectivity index (χ3v) is 3.59. The zero-order chi connectivity index (χ0) is 18.1. The fourth-order valence-corrected chi connectivity index (χ4v) is 2.40. The van der Waals surface area contributed by atoms with Crippen molar-refractivity contribution in [2.45, 2.75) is 25.3 Å². The number of carbonyl (C=O) groups excluding carboxylic acids is 1. The Morgan fingerprint density at radius 1 is 1.08 bits per heavy atom. The standard InChI is InChI=1S/C19H20FNO4/c20-16-8-4-5-9-17(16)25-13-18(22)21-15(10-11-19(23)24)12-14-6-2-1-3-7-14/h1-9,15H,10-13H2,(H,21,22)(H,23,24). The van der Waals surface area contributed by atoms with Crippen LogP contribution in [0.5, 0.6) is 5.75 Å². The minimum absolute atomic E-state index is 0.00259. The number of ether oxygens (including phenoxy) is 1. The van der Waals surface area contributed by atoms with E-state index in [2.05, 4.69) is 5.32 Å². The van der Waals surface area contributed by atoms with Crippen LogP contribution in [0.2, 0.25) is 0 Å². The van der Waals surface area contributed by atoms with Crippen molar-refractivity contribution in [3.8, 4) is 5.75 Å². The maximum absolute atomic E-state index is 13.5. The Labute approximate surface area is 145 Å². The zero-order valence-electron chi connectivity index (χ0n) is 13.7. The summed E-state index contributed by atoms with van der Waals surface area (Å²) in [5.74, 6) is -1.88. The summed E-state index contributed by atoms with van der Waals surface area (Å²) < 4.78 is 18.6. The maximum atomic E-state index is 13.5. The summed E-state index contributed by atoms with van der Waals surface area (Å²) in [4.78, 5) is 22.9. The number of rotatable bonds is 9. The molecule has 0 radical (unpaired) electrons. The Morgan fingerprint density at radius 2 is 1.76 bits per heavy atom. The average molecular weight is 345 g/mol. The van der Waals surface area contributed by atoms with Crippen LogP contribution in [0.1, 0.15) is 18.4 Å². The lowest BCUT2D eigenvalue weighted by Crippen LogP contribution is -2.39. The highest BCUT2D eigenvalue weighted by atomic mass is 19.1. The molecule has 0 fully saturated rings. The molecular weight excluding hydrogens is 325 g/mol. The van der Waals surface area contributed by atoms with Crippen molar-refractivity contribution >= 4 is 11.9 Å². The van der Waals surface area contributed by atoms with E-state index in [0.717, 1.165) is 5.56 Å². The van der Waals surface area contributed by atoms with Gasteiger partial charge in [-0.15, -0.1) is 0 Å². The smallest absolute Gasteiger partial charge is 0.303 e. The Bertz CT molecular complexity index is 706. The molecule has 0 aromatic heterocycles. The third-order valence-electron chi connectivity index (χ3n) is 3.59. The summed E-state index contributed by atoms with van der Waals surface area (Å²) >= 11 is 0. The monoisotopic (exact) mass is 345 g/mol. The first-order valence-electron chi connectivity index (χ1n) is 7.97. The largest absolute Gasteiger partial charge is 0.481 e. The lowest BCUT2D eigenvalue weighted by Gasteiger charge is -2.18. The van der Waals surface area contributed by atoms with Crippen LogP contribution in [0.25, 0.3) is 0 Å². The number of amides is 1. The molecule has 0 spiro atoms. The molecular formula is C19H20FNO4. The zero-order valence-corrected chi connectivity index (χ0v) is 13.7. The van der Waals surface area contributed by atoms with Crippen LogP contribution in [-0.4, -0.2) is 29.6 Å². The Hall–Kier alpha value is -2.89. The molecule has 1 unspecified atom stereocenters. The van der Waals surface area contributed by atoms with E-state index < -0.39 is 17.7 Å². The van der Waals surface area contributed by atoms with Gasteiger partial charge in [0, 0.05) is 12.5 Å². The van der Waals surface area contributed by atoms with Gasteiger partial charge in [0.25, 0.3) is 5.91 Å². The van der Waals surface area contributed by atoms with Crippen LogP contribution >= 0.6 is 0 Å². The van der Waals surface area contributed by atoms with Crippen LogP contribution in [0.15, 0.2) is 54.6 Å². The highest BCUT2D eigenvalue weighted by Crippen LogP contribution is 2.15. The molecule has 0 saturated carbocycles. The van der Waals surface area contributed by atoms with Crippen molar-refractivity contribution < 1.29 is 23.8 Å². The van der Waals surface area contributed by atoms with Crippen molar-refractivity contribution in [3.63, 3.8) is 0 Å². The van der Waals surface area contributed by atoms with Crippen LogP contribution in [0, 0.1) is 5.82 Å². The third kappa shape index (κ3) is 6.63. The Kier molecular flexibility index (Phi) is 6.95. The summed E-state index contributed by atoms with van der Waals surface area (Å²) in [5, 5.41) is 11.6. The molecule has 132 valence electrons. The average Bonchev–Trinajstić information content (AvgIpc) is 2.60. The summed E-state index contributed by atoms with van der Waals surface area (Å²) in [6.45, 7) is -0.334. The van der Waals surface area contributed by atoms with E-state index in [4.69, 9.17) is 9.84 Å². The SMILES string of the molecule is O=C(O)CCC(Cc1ccccc1)NC(=O)COc1ccccc1F. The molecule has 0 saturated heterocycles. The molecule has 5 nitrogen and oxygen atoms in total. The van der Waals surface area contributed by atoms with Crippen molar-refractivity contribution in [3.05, 3.63) is 66.0 Å². The first-order valence-corrected chi connectivity index (χ1v) is 7.97. The van der Waals surface area contributed by atoms with Gasteiger partial charge in [-0.2, -0.15) is 0 Å². The number of halogens is 1. The number of para-hydroxylation sites is 1. The number of hydrogen-bond acceptors (Lipinski definition) is 3. The number of aliphatic carboxylic acids is 1. The number of benzene rings is 2. The summed E-state index contributed by atoms with van der Waals surface area (Å²) in [5.41, 5.74) is 0.994. The van der Waals surface area contributed by atoms with E-state index in [1.165, 1.54) is 18.2 Å². The molecule has 25 heavy (non-hydrogen) atoms. The first kappa shape index (κ1) is 18.4. The molecule has 0 aliphatic rings. The minimum Gasteiger partial charge on any atom is -0.481 e. The van der Waals surface area contributed by atoms with Crippen molar-refractivity contribution in [1.82, 2.24) is 5.32 Å². The number of carboxylic acid groups (broad SMARTS) is 1. The lowest BCUT2D eigenvalue weighted by molar-refractivity contribution is -0.137. The highest BCUT2D eigenvalue weighted by Gasteiger charge is 2.15. The summed E-state index contributed by atoms with van der Waals surface area (Å²) in [7, 11) is 0. The molecule has 2 aromatic carbocycles. The van der Waals surface area contributed by atoms with Gasteiger partial charge < -0.3 is 15.2 Å². The second-order valence-electron chi connectivity index (χ2n) is 5.61. The van der Waals surface area contributed by atoms with E-state index in [-0.39, 0.29) is 24.8 Å². The predicted octanol–water partition coefficient (Wildman–Crippen LogP) is 2.80. The van der Waals surface area contributed by atoms with Gasteiger partial charge in [0.2, 0.25) is 0 Å². The van der Waals surface area contributed by atoms with Gasteiger partial charge in [-0.3, -0.25) is 9.59 Å². The van der Waals surface area contributed by atoms with Crippen molar-refractivity contribution in [2.24, 2.45) is 0 Å². The van der Waals surface area contributed by atoms with E-state index in [0.29, 0.717) is 12.8 Å². The topological polar surface area (TPSA) is 75.6 Å². The predicted molar refractivity (Wildman–Crippen MR) is 90.8 cm³/mol. The summed E-state index contributed by atoms with van der Waals surface area (Å²) in [6, 6.07) is 15.0. The minimum atomic E-state index is -0.921. The fraction of sp³-hybridized carbons (Fsp3) is 0.263. The molecule has 0 aliphatic carbocycles. The number of carbonyl (C=O) groups is 2. The number of hydrogen-bond donors (Lipinski definition) is 2. The van der Waals surface area contributed by atoms with E-state index in [1.807, 2.05) is 30.3 Å². The van der Waals surface area contributed by atoms with Gasteiger partial charge >= 0.3 is 5.97 Å². The number of carboxylic acids is 1. The lowest BCUT2D eigenvalue weighted by atomic mass is 10.0. The van der Waals surface area contributed by atoms with Crippen LogP contribution in [0.4, 0.5) is 4.39 Å². The molecule has 2 N–H and O–H groups in total. The van der Waals surface area contributed by atoms with Gasteiger partial charge in [-0.1, -0.05) is 42.5 Å². The molecule has 0 aliphatic heterocycles. The van der Waals surface area contributed by atoms with Crippen LogP contribution in [-0.2, 0) is 16.0 Å². The fourth-order valence-electron chi connectivity index (χ4n) is 2.40. The Balaban J connectivity index is 1.91. The molecule has 0 bridgehead atoms. The van der Waals surface area contributed by atoms with Crippen molar-refractivity contribution in [2.75, 3.05) is 6.61 Å². The van der Waals surface area contributed by atoms with Gasteiger partial charge in [-0.05, 0) is 30.5 Å². The van der Waals surface area contributed by atoms with E-state index in [1.54, 1.807) is 6.07 Å². The summed E-state index contributed by atoms with van der Waals surface area (Å²) in [6.07, 6.45) is 0.765. The molecule has 1 amide bonds. The van der Waals surface area contributed by atoms with Gasteiger partial charge in [0.05, 0.1) is 0 Å². The molecule has 0 heterocycles. The Morgan fingerprint density at radius 3 is 2.44 bits per heavy atom. The highest BCUT2D eigenvalue weighted by molar-refractivity contribution is 5.78. The molecule has 1 atom stereocenters. The van der Waals surface area contributed by atoms with Gasteiger partial charge in [-0.25, -0.2) is 4.39 Å². The quantitative estimate of drug-likeness (QED) is 0.733. The molecule has 6 heteroatoms.